The Kier molecular flexibility index (Phi) is 16.2. The zero-order valence-corrected chi connectivity index (χ0v) is 33.8. The van der Waals surface area contributed by atoms with E-state index in [0.717, 1.165) is 22.3 Å². The van der Waals surface area contributed by atoms with Gasteiger partial charge in [-0.3, -0.25) is 4.79 Å². The van der Waals surface area contributed by atoms with Crippen LogP contribution in [0.1, 0.15) is 56.4 Å². The maximum Gasteiger partial charge on any atom is 0.237 e. The van der Waals surface area contributed by atoms with Crippen molar-refractivity contribution in [3.8, 4) is 0 Å². The first kappa shape index (κ1) is 42.6. The van der Waals surface area contributed by atoms with Gasteiger partial charge in [0.05, 0.1) is 52.3 Å². The van der Waals surface area contributed by atoms with Crippen molar-refractivity contribution in [3.63, 3.8) is 0 Å². The predicted molar refractivity (Wildman–Crippen MR) is 219 cm³/mol. The highest BCUT2D eigenvalue weighted by molar-refractivity contribution is 5.82. The monoisotopic (exact) mass is 780 g/mol. The van der Waals surface area contributed by atoms with Gasteiger partial charge in [0.2, 0.25) is 5.91 Å². The fourth-order valence-electron chi connectivity index (χ4n) is 7.02. The van der Waals surface area contributed by atoms with Crippen molar-refractivity contribution in [2.45, 2.75) is 104 Å². The van der Waals surface area contributed by atoms with Gasteiger partial charge in [-0.05, 0) is 28.2 Å². The van der Waals surface area contributed by atoms with Crippen molar-refractivity contribution < 1.29 is 38.0 Å². The van der Waals surface area contributed by atoms with Crippen molar-refractivity contribution in [2.24, 2.45) is 11.3 Å². The Morgan fingerprint density at radius 3 is 1.67 bits per heavy atom. The molecule has 306 valence electrons. The summed E-state index contributed by atoms with van der Waals surface area (Å²) in [4.78, 5) is 14.5. The molecule has 2 unspecified atom stereocenters. The van der Waals surface area contributed by atoms with E-state index in [1.54, 1.807) is 0 Å². The Bertz CT molecular complexity index is 1720. The molecule has 6 rings (SSSR count). The number of hydrogen-bond acceptors (Lipinski definition) is 9. The van der Waals surface area contributed by atoms with Crippen molar-refractivity contribution >= 4 is 5.91 Å². The summed E-state index contributed by atoms with van der Waals surface area (Å²) in [5.74, 6) is -0.217. The van der Waals surface area contributed by atoms with E-state index >= 15 is 0 Å². The molecule has 0 radical (unpaired) electrons. The largest absolute Gasteiger partial charge is 0.374 e. The fraction of sp³-hybridized carbons (Fsp3) is 0.468. The normalized spacial score (nSPS) is 22.9. The van der Waals surface area contributed by atoms with Crippen molar-refractivity contribution in [1.29, 1.82) is 0 Å². The molecule has 2 saturated heterocycles. The van der Waals surface area contributed by atoms with Gasteiger partial charge >= 0.3 is 0 Å². The van der Waals surface area contributed by atoms with Crippen LogP contribution in [0.5, 0.6) is 0 Å². The second-order valence-corrected chi connectivity index (χ2v) is 16.1. The molecule has 1 amide bonds. The van der Waals surface area contributed by atoms with Gasteiger partial charge in [-0.15, -0.1) is 0 Å². The number of carbonyl (C=O) groups is 1. The van der Waals surface area contributed by atoms with E-state index in [1.165, 1.54) is 0 Å². The summed E-state index contributed by atoms with van der Waals surface area (Å²) < 4.78 is 45.4. The van der Waals surface area contributed by atoms with Gasteiger partial charge in [-0.1, -0.05) is 149 Å². The lowest BCUT2D eigenvalue weighted by Crippen LogP contribution is -2.67. The fourth-order valence-corrected chi connectivity index (χ4v) is 7.02. The first-order valence-corrected chi connectivity index (χ1v) is 20.2. The van der Waals surface area contributed by atoms with E-state index < -0.39 is 36.7 Å². The highest BCUT2D eigenvalue weighted by Crippen LogP contribution is 2.30. The quantitative estimate of drug-likeness (QED) is 0.0964. The molecule has 4 aromatic carbocycles. The third-order valence-electron chi connectivity index (χ3n) is 10.2. The molecule has 0 aromatic heterocycles. The Morgan fingerprint density at radius 2 is 1.16 bits per heavy atom. The molecule has 0 saturated carbocycles. The summed E-state index contributed by atoms with van der Waals surface area (Å²) in [6, 6.07) is 38.7. The lowest BCUT2D eigenvalue weighted by Gasteiger charge is -2.46. The van der Waals surface area contributed by atoms with E-state index in [2.05, 4.69) is 24.5 Å². The molecule has 0 aliphatic carbocycles. The minimum atomic E-state index is -0.892. The first-order chi connectivity index (χ1) is 27.7. The van der Waals surface area contributed by atoms with Crippen LogP contribution in [0.25, 0.3) is 0 Å². The van der Waals surface area contributed by atoms with Crippen molar-refractivity contribution in [1.82, 2.24) is 10.6 Å². The SMILES string of the molecule is CC(C)[C@H](NCCC1OCC(C)(C)CO1)C(=O)N[C@H]1C(OCc2ccccc2)OC(COCc2ccccc2)[C@@H](OCc2ccccc2)[C@@H]1OCc1ccccc1. The molecule has 2 aliphatic heterocycles. The van der Waals surface area contributed by atoms with Crippen LogP contribution in [-0.4, -0.2) is 75.2 Å². The number of hydrogen-bond donors (Lipinski definition) is 2. The zero-order valence-electron chi connectivity index (χ0n) is 33.8. The summed E-state index contributed by atoms with van der Waals surface area (Å²) in [6.07, 6.45) is -2.50. The zero-order chi connectivity index (χ0) is 39.9. The van der Waals surface area contributed by atoms with Crippen molar-refractivity contribution in [3.05, 3.63) is 144 Å². The Labute approximate surface area is 338 Å². The molecule has 57 heavy (non-hydrogen) atoms. The summed E-state index contributed by atoms with van der Waals surface area (Å²) >= 11 is 0. The van der Waals surface area contributed by atoms with E-state index in [9.17, 15) is 4.79 Å². The molecular formula is C47H60N2O8. The minimum absolute atomic E-state index is 0.0136. The topological polar surface area (TPSA) is 106 Å². The van der Waals surface area contributed by atoms with Crippen LogP contribution in [0.4, 0.5) is 0 Å². The molecule has 2 aliphatic rings. The summed E-state index contributed by atoms with van der Waals surface area (Å²) in [5.41, 5.74) is 4.01. The van der Waals surface area contributed by atoms with Gasteiger partial charge in [-0.25, -0.2) is 0 Å². The molecule has 2 fully saturated rings. The van der Waals surface area contributed by atoms with Crippen LogP contribution in [-0.2, 0) is 64.4 Å². The van der Waals surface area contributed by atoms with Crippen LogP contribution < -0.4 is 10.6 Å². The number of benzene rings is 4. The number of rotatable bonds is 20. The van der Waals surface area contributed by atoms with Crippen LogP contribution in [0.15, 0.2) is 121 Å². The van der Waals surface area contributed by atoms with Crippen LogP contribution >= 0.6 is 0 Å². The second-order valence-electron chi connectivity index (χ2n) is 16.1. The average molecular weight is 781 g/mol. The summed E-state index contributed by atoms with van der Waals surface area (Å²) in [7, 11) is 0. The van der Waals surface area contributed by atoms with Gasteiger partial charge in [0.15, 0.2) is 12.6 Å². The van der Waals surface area contributed by atoms with Gasteiger partial charge in [-0.2, -0.15) is 0 Å². The molecule has 10 nitrogen and oxygen atoms in total. The summed E-state index contributed by atoms with van der Waals surface area (Å²) in [5, 5.41) is 6.83. The number of carbonyl (C=O) groups excluding carboxylic acids is 1. The van der Waals surface area contributed by atoms with E-state index in [1.807, 2.05) is 135 Å². The second kappa shape index (κ2) is 21.7. The molecular weight excluding hydrogens is 721 g/mol. The third-order valence-corrected chi connectivity index (χ3v) is 10.2. The lowest BCUT2D eigenvalue weighted by molar-refractivity contribution is -0.293. The molecule has 0 bridgehead atoms. The highest BCUT2D eigenvalue weighted by atomic mass is 16.7. The maximum atomic E-state index is 14.5. The Balaban J connectivity index is 1.27. The smallest absolute Gasteiger partial charge is 0.237 e. The Morgan fingerprint density at radius 1 is 0.684 bits per heavy atom. The summed E-state index contributed by atoms with van der Waals surface area (Å²) in [6.45, 7) is 11.6. The van der Waals surface area contributed by atoms with Gasteiger partial charge < -0.3 is 43.8 Å². The molecule has 10 heteroatoms. The average Bonchev–Trinajstić information content (AvgIpc) is 3.23. The lowest BCUT2D eigenvalue weighted by atomic mass is 9.94. The maximum absolute atomic E-state index is 14.5. The Hall–Kier alpha value is -3.97. The van der Waals surface area contributed by atoms with E-state index in [4.69, 9.17) is 33.2 Å². The van der Waals surface area contributed by atoms with Gasteiger partial charge in [0.25, 0.3) is 0 Å². The minimum Gasteiger partial charge on any atom is -0.374 e. The number of ether oxygens (including phenoxy) is 7. The van der Waals surface area contributed by atoms with Crippen LogP contribution in [0.3, 0.4) is 0 Å². The van der Waals surface area contributed by atoms with Crippen LogP contribution in [0.2, 0.25) is 0 Å². The van der Waals surface area contributed by atoms with E-state index in [0.29, 0.717) is 39.4 Å². The molecule has 0 spiro atoms. The van der Waals surface area contributed by atoms with E-state index in [-0.39, 0.29) is 43.4 Å². The first-order valence-electron chi connectivity index (χ1n) is 20.2. The van der Waals surface area contributed by atoms with Crippen LogP contribution in [0, 0.1) is 11.3 Å². The molecule has 4 aromatic rings. The number of nitrogens with one attached hydrogen (secondary N) is 2. The standard InChI is InChI=1S/C47H60N2O8/c1-34(2)41(48-26-25-40-55-32-47(3,4)33-56-40)45(50)49-42-44(53-29-37-21-13-7-14-22-37)43(52-28-36-19-11-6-12-20-36)39(31-51-27-35-17-9-5-10-18-35)57-46(42)54-30-38-23-15-8-16-24-38/h5-24,34,39-44,46,48H,25-33H2,1-4H3,(H,49,50)/t39?,41-,42+,43+,44+,46?/m0/s1. The molecule has 2 heterocycles. The number of amides is 1. The van der Waals surface area contributed by atoms with Gasteiger partial charge in [0.1, 0.15) is 24.4 Å². The van der Waals surface area contributed by atoms with Crippen molar-refractivity contribution in [2.75, 3.05) is 26.4 Å². The van der Waals surface area contributed by atoms with Gasteiger partial charge in [0, 0.05) is 18.4 Å². The third kappa shape index (κ3) is 13.3. The highest BCUT2D eigenvalue weighted by Gasteiger charge is 2.49. The molecule has 6 atom stereocenters. The molecule has 2 N–H and O–H groups in total. The predicted octanol–water partition coefficient (Wildman–Crippen LogP) is 7.20.